The molecule has 0 bridgehead atoms. The summed E-state index contributed by atoms with van der Waals surface area (Å²) in [6.07, 6.45) is 0. The van der Waals surface area contributed by atoms with Crippen molar-refractivity contribution < 1.29 is 24.2 Å². The second kappa shape index (κ2) is 8.77. The molecule has 0 fully saturated rings. The van der Waals surface area contributed by atoms with Crippen molar-refractivity contribution in [1.29, 1.82) is 0 Å². The molecule has 7 heteroatoms. The van der Waals surface area contributed by atoms with E-state index < -0.39 is 5.97 Å². The first-order valence-electron chi connectivity index (χ1n) is 5.22. The maximum atomic E-state index is 11.9. The summed E-state index contributed by atoms with van der Waals surface area (Å²) in [6.45, 7) is 1.04. The molecule has 0 aromatic carbocycles. The average Bonchev–Trinajstić information content (AvgIpc) is 2.29. The summed E-state index contributed by atoms with van der Waals surface area (Å²) in [4.78, 5) is 25.1. The highest BCUT2D eigenvalue weighted by molar-refractivity contribution is 5.80. The summed E-state index contributed by atoms with van der Waals surface area (Å²) >= 11 is 0. The van der Waals surface area contributed by atoms with Crippen molar-refractivity contribution in [2.45, 2.75) is 0 Å². The third-order valence-electron chi connectivity index (χ3n) is 2.12. The van der Waals surface area contributed by atoms with E-state index in [1.54, 1.807) is 7.05 Å². The SMILES string of the molecule is COCCN(C)C(=O)N(CCOC)CC(=O)O. The number of carboxylic acid groups (broad SMARTS) is 1. The first kappa shape index (κ1) is 15.7. The molecular weight excluding hydrogens is 228 g/mol. The third-order valence-corrected chi connectivity index (χ3v) is 2.12. The topological polar surface area (TPSA) is 79.3 Å². The van der Waals surface area contributed by atoms with Crippen LogP contribution in [0.15, 0.2) is 0 Å². The van der Waals surface area contributed by atoms with Crippen molar-refractivity contribution in [2.75, 3.05) is 54.1 Å². The van der Waals surface area contributed by atoms with E-state index in [1.165, 1.54) is 24.0 Å². The maximum absolute atomic E-state index is 11.9. The highest BCUT2D eigenvalue weighted by atomic mass is 16.5. The fourth-order valence-electron chi connectivity index (χ4n) is 1.17. The molecule has 1 N–H and O–H groups in total. The Labute approximate surface area is 101 Å². The molecule has 0 aliphatic heterocycles. The molecule has 17 heavy (non-hydrogen) atoms. The zero-order valence-electron chi connectivity index (χ0n) is 10.5. The van der Waals surface area contributed by atoms with Crippen LogP contribution >= 0.6 is 0 Å². The molecule has 0 saturated carbocycles. The lowest BCUT2D eigenvalue weighted by Gasteiger charge is -2.26. The fourth-order valence-corrected chi connectivity index (χ4v) is 1.17. The van der Waals surface area contributed by atoms with Crippen molar-refractivity contribution in [2.24, 2.45) is 0 Å². The molecule has 0 aliphatic carbocycles. The predicted molar refractivity (Wildman–Crippen MR) is 61.0 cm³/mol. The first-order valence-corrected chi connectivity index (χ1v) is 5.22. The Kier molecular flexibility index (Phi) is 8.08. The lowest BCUT2D eigenvalue weighted by atomic mass is 10.4. The van der Waals surface area contributed by atoms with Gasteiger partial charge in [0.2, 0.25) is 0 Å². The Morgan fingerprint density at radius 2 is 1.65 bits per heavy atom. The molecule has 0 rings (SSSR count). The zero-order chi connectivity index (χ0) is 13.3. The Hall–Kier alpha value is -1.34. The zero-order valence-corrected chi connectivity index (χ0v) is 10.5. The molecule has 0 atom stereocenters. The largest absolute Gasteiger partial charge is 0.480 e. The van der Waals surface area contributed by atoms with Crippen LogP contribution in [0.1, 0.15) is 0 Å². The number of carboxylic acids is 1. The van der Waals surface area contributed by atoms with Crippen LogP contribution in [0.25, 0.3) is 0 Å². The molecule has 0 aromatic rings. The van der Waals surface area contributed by atoms with Gasteiger partial charge in [-0.2, -0.15) is 0 Å². The molecule has 0 aliphatic rings. The molecule has 100 valence electrons. The van der Waals surface area contributed by atoms with Gasteiger partial charge in [-0.1, -0.05) is 0 Å². The number of hydrogen-bond acceptors (Lipinski definition) is 4. The van der Waals surface area contributed by atoms with Crippen LogP contribution in [0.2, 0.25) is 0 Å². The van der Waals surface area contributed by atoms with Crippen LogP contribution in [0, 0.1) is 0 Å². The maximum Gasteiger partial charge on any atom is 0.323 e. The van der Waals surface area contributed by atoms with E-state index in [9.17, 15) is 9.59 Å². The van der Waals surface area contributed by atoms with E-state index in [-0.39, 0.29) is 19.1 Å². The van der Waals surface area contributed by atoms with Gasteiger partial charge < -0.3 is 24.4 Å². The van der Waals surface area contributed by atoms with Gasteiger partial charge in [0.15, 0.2) is 0 Å². The van der Waals surface area contributed by atoms with Gasteiger partial charge in [-0.3, -0.25) is 4.79 Å². The number of carbonyl (C=O) groups excluding carboxylic acids is 1. The van der Waals surface area contributed by atoms with Gasteiger partial charge >= 0.3 is 12.0 Å². The van der Waals surface area contributed by atoms with Gasteiger partial charge in [-0.25, -0.2) is 4.79 Å². The minimum Gasteiger partial charge on any atom is -0.480 e. The number of methoxy groups -OCH3 is 2. The highest BCUT2D eigenvalue weighted by Gasteiger charge is 2.19. The van der Waals surface area contributed by atoms with Crippen LogP contribution < -0.4 is 0 Å². The van der Waals surface area contributed by atoms with Crippen molar-refractivity contribution in [3.8, 4) is 0 Å². The van der Waals surface area contributed by atoms with Crippen LogP contribution in [-0.4, -0.2) is 81.0 Å². The van der Waals surface area contributed by atoms with Crippen LogP contribution in [0.5, 0.6) is 0 Å². The second-order valence-electron chi connectivity index (χ2n) is 3.51. The quantitative estimate of drug-likeness (QED) is 0.639. The lowest BCUT2D eigenvalue weighted by Crippen LogP contribution is -2.46. The fraction of sp³-hybridized carbons (Fsp3) is 0.800. The number of carbonyl (C=O) groups is 2. The first-order chi connectivity index (χ1) is 8.02. The summed E-state index contributed by atoms with van der Waals surface area (Å²) in [6, 6.07) is -0.346. The summed E-state index contributed by atoms with van der Waals surface area (Å²) in [5, 5.41) is 8.71. The number of amides is 2. The molecule has 0 unspecified atom stereocenters. The molecule has 0 spiro atoms. The van der Waals surface area contributed by atoms with Crippen molar-refractivity contribution >= 4 is 12.0 Å². The Balaban J connectivity index is 4.33. The molecule has 7 nitrogen and oxygen atoms in total. The van der Waals surface area contributed by atoms with Crippen molar-refractivity contribution in [3.05, 3.63) is 0 Å². The van der Waals surface area contributed by atoms with Gasteiger partial charge in [-0.15, -0.1) is 0 Å². The van der Waals surface area contributed by atoms with Crippen LogP contribution in [0.4, 0.5) is 4.79 Å². The Bertz CT molecular complexity index is 247. The van der Waals surface area contributed by atoms with E-state index in [2.05, 4.69) is 0 Å². The summed E-state index contributed by atoms with van der Waals surface area (Å²) in [5.74, 6) is -1.05. The van der Waals surface area contributed by atoms with Gasteiger partial charge in [0.1, 0.15) is 6.54 Å². The normalized spacial score (nSPS) is 10.1. The molecule has 2 amide bonds. The van der Waals surface area contributed by atoms with Crippen molar-refractivity contribution in [3.63, 3.8) is 0 Å². The number of rotatable bonds is 8. The van der Waals surface area contributed by atoms with Gasteiger partial charge in [0.25, 0.3) is 0 Å². The summed E-state index contributed by atoms with van der Waals surface area (Å²) in [7, 11) is 4.64. The van der Waals surface area contributed by atoms with E-state index in [0.29, 0.717) is 19.8 Å². The minimum absolute atomic E-state index is 0.249. The monoisotopic (exact) mass is 248 g/mol. The molecular formula is C10H20N2O5. The smallest absolute Gasteiger partial charge is 0.323 e. The molecule has 0 saturated heterocycles. The third kappa shape index (κ3) is 6.75. The number of urea groups is 1. The predicted octanol–water partition coefficient (Wildman–Crippen LogP) is -0.282. The average molecular weight is 248 g/mol. The number of aliphatic carboxylic acids is 1. The summed E-state index contributed by atoms with van der Waals surface area (Å²) < 4.78 is 9.69. The Morgan fingerprint density at radius 1 is 1.12 bits per heavy atom. The van der Waals surface area contributed by atoms with Crippen LogP contribution in [-0.2, 0) is 14.3 Å². The highest BCUT2D eigenvalue weighted by Crippen LogP contribution is 1.97. The van der Waals surface area contributed by atoms with Gasteiger partial charge in [-0.05, 0) is 0 Å². The van der Waals surface area contributed by atoms with Crippen LogP contribution in [0.3, 0.4) is 0 Å². The number of ether oxygens (including phenoxy) is 2. The second-order valence-corrected chi connectivity index (χ2v) is 3.51. The van der Waals surface area contributed by atoms with E-state index in [0.717, 1.165) is 0 Å². The molecule has 0 aromatic heterocycles. The molecule has 0 radical (unpaired) electrons. The Morgan fingerprint density at radius 3 is 2.12 bits per heavy atom. The number of hydrogen-bond donors (Lipinski definition) is 1. The lowest BCUT2D eigenvalue weighted by molar-refractivity contribution is -0.137. The number of nitrogens with zero attached hydrogens (tertiary/aromatic N) is 2. The summed E-state index contributed by atoms with van der Waals surface area (Å²) in [5.41, 5.74) is 0. The number of likely N-dealkylation sites (N-methyl/N-ethyl adjacent to an activating group) is 1. The standard InChI is InChI=1S/C10H20N2O5/c1-11(4-6-16-2)10(15)12(5-7-17-3)8-9(13)14/h4-8H2,1-3H3,(H,13,14). The minimum atomic E-state index is -1.05. The van der Waals surface area contributed by atoms with E-state index in [1.807, 2.05) is 0 Å². The van der Waals surface area contributed by atoms with Crippen molar-refractivity contribution in [1.82, 2.24) is 9.80 Å². The van der Waals surface area contributed by atoms with E-state index >= 15 is 0 Å². The molecule has 0 heterocycles. The van der Waals surface area contributed by atoms with E-state index in [4.69, 9.17) is 14.6 Å². The van der Waals surface area contributed by atoms with Gasteiger partial charge in [0.05, 0.1) is 13.2 Å². The van der Waals surface area contributed by atoms with Gasteiger partial charge in [0, 0.05) is 34.4 Å².